The van der Waals surface area contributed by atoms with Crippen molar-refractivity contribution < 1.29 is 35.5 Å². The summed E-state index contributed by atoms with van der Waals surface area (Å²) < 4.78 is 84.3. The Labute approximate surface area is 204 Å². The van der Waals surface area contributed by atoms with E-state index in [4.69, 9.17) is 4.74 Å². The van der Waals surface area contributed by atoms with E-state index < -0.39 is 52.4 Å². The number of hydrogen-bond donors (Lipinski definition) is 1. The molecule has 2 aliphatic heterocycles. The number of Topliss-reactive ketones (excluding diaryl/α,β-unsaturated/α-hetero) is 1. The fourth-order valence-electron chi connectivity index (χ4n) is 4.56. The van der Waals surface area contributed by atoms with Gasteiger partial charge in [-0.15, -0.1) is 0 Å². The summed E-state index contributed by atoms with van der Waals surface area (Å²) >= 11 is 0. The van der Waals surface area contributed by atoms with E-state index >= 15 is 0 Å². The van der Waals surface area contributed by atoms with E-state index in [2.05, 4.69) is 15.3 Å². The molecule has 2 fully saturated rings. The van der Waals surface area contributed by atoms with Crippen LogP contribution < -0.4 is 5.32 Å². The van der Waals surface area contributed by atoms with Crippen LogP contribution in [-0.2, 0) is 32.2 Å². The topological polar surface area (TPSA) is 97.7 Å². The molecule has 0 bridgehead atoms. The maximum Gasteiger partial charge on any atom is 0.277 e. The van der Waals surface area contributed by atoms with Crippen LogP contribution in [0.15, 0.2) is 34.2 Å². The minimum atomic E-state index is -3.72. The number of carbonyl (C=O) groups excluding carboxylic acids is 1. The number of fused-ring (bicyclic) bond motifs is 1. The van der Waals surface area contributed by atoms with Crippen LogP contribution in [0, 0.1) is 5.92 Å². The van der Waals surface area contributed by atoms with Gasteiger partial charge in [-0.2, -0.15) is 0 Å². The Bertz CT molecular complexity index is 1370. The van der Waals surface area contributed by atoms with Crippen LogP contribution >= 0.6 is 0 Å². The number of alkyl halides is 4. The Morgan fingerprint density at radius 1 is 1.25 bits per heavy atom. The molecule has 1 aliphatic carbocycles. The van der Waals surface area contributed by atoms with E-state index in [0.29, 0.717) is 12.2 Å². The maximum atomic E-state index is 13.4. The van der Waals surface area contributed by atoms with Gasteiger partial charge >= 0.3 is 0 Å². The number of nitrogens with zero attached hydrogens (tertiary/aromatic N) is 2. The molecule has 2 atom stereocenters. The molecule has 1 unspecified atom stereocenters. The van der Waals surface area contributed by atoms with Crippen LogP contribution in [0.3, 0.4) is 0 Å². The summed E-state index contributed by atoms with van der Waals surface area (Å²) in [4.78, 5) is 20.5. The number of ketones is 1. The molecule has 2 aromatic rings. The van der Waals surface area contributed by atoms with Crippen molar-refractivity contribution in [1.29, 1.82) is 0 Å². The monoisotopic (exact) mass is 525 g/mol. The third kappa shape index (κ3) is 4.88. The van der Waals surface area contributed by atoms with Crippen molar-refractivity contribution in [3.63, 3.8) is 0 Å². The van der Waals surface area contributed by atoms with Gasteiger partial charge in [0.25, 0.3) is 12.3 Å². The molecule has 36 heavy (non-hydrogen) atoms. The largest absolute Gasteiger partial charge is 0.374 e. The van der Waals surface area contributed by atoms with Crippen LogP contribution in [0.1, 0.15) is 42.3 Å². The Kier molecular flexibility index (Phi) is 6.14. The summed E-state index contributed by atoms with van der Waals surface area (Å²) in [7, 11) is -3.72. The van der Waals surface area contributed by atoms with Crippen molar-refractivity contribution in [2.45, 2.75) is 55.5 Å². The van der Waals surface area contributed by atoms with Gasteiger partial charge in [-0.1, -0.05) is 6.07 Å². The third-order valence-electron chi connectivity index (χ3n) is 6.52. The van der Waals surface area contributed by atoms with Gasteiger partial charge in [0.1, 0.15) is 11.5 Å². The van der Waals surface area contributed by atoms with E-state index in [1.807, 2.05) is 0 Å². The number of benzene rings is 1. The smallest absolute Gasteiger partial charge is 0.277 e. The van der Waals surface area contributed by atoms with Crippen LogP contribution in [0.25, 0.3) is 0 Å². The Morgan fingerprint density at radius 2 is 2.00 bits per heavy atom. The van der Waals surface area contributed by atoms with Crippen molar-refractivity contribution >= 4 is 38.4 Å². The molecule has 1 N–H and O–H groups in total. The lowest BCUT2D eigenvalue weighted by atomic mass is 10.1. The molecule has 3 heterocycles. The van der Waals surface area contributed by atoms with E-state index in [1.165, 1.54) is 12.1 Å². The molecule has 1 saturated heterocycles. The lowest BCUT2D eigenvalue weighted by Gasteiger charge is -2.17. The lowest BCUT2D eigenvalue weighted by molar-refractivity contribution is -0.121. The molecule has 3 aliphatic rings. The van der Waals surface area contributed by atoms with Gasteiger partial charge in [0.2, 0.25) is 0 Å². The van der Waals surface area contributed by atoms with Gasteiger partial charge in [-0.3, -0.25) is 9.78 Å². The molecule has 0 spiro atoms. The quantitative estimate of drug-likeness (QED) is 0.500. The maximum absolute atomic E-state index is 13.4. The van der Waals surface area contributed by atoms with Gasteiger partial charge in [0, 0.05) is 32.1 Å². The predicted octanol–water partition coefficient (Wildman–Crippen LogP) is 4.74. The molecule has 7 nitrogen and oxygen atoms in total. The van der Waals surface area contributed by atoms with Gasteiger partial charge in [0.15, 0.2) is 9.84 Å². The van der Waals surface area contributed by atoms with Crippen molar-refractivity contribution in [2.24, 2.45) is 10.9 Å². The number of rotatable bonds is 8. The van der Waals surface area contributed by atoms with Crippen LogP contribution in [-0.4, -0.2) is 50.1 Å². The number of hydrogen-bond acceptors (Lipinski definition) is 7. The number of aromatic nitrogens is 1. The van der Waals surface area contributed by atoms with Gasteiger partial charge < -0.3 is 10.1 Å². The summed E-state index contributed by atoms with van der Waals surface area (Å²) in [6.45, 7) is 0.584. The summed E-state index contributed by atoms with van der Waals surface area (Å²) in [5, 5.41) is 2.96. The number of halogens is 4. The number of nitrogens with one attached hydrogen (secondary N) is 1. The van der Waals surface area contributed by atoms with Crippen LogP contribution in [0.4, 0.5) is 34.6 Å². The first-order chi connectivity index (χ1) is 16.9. The molecule has 1 saturated carbocycles. The first-order valence-corrected chi connectivity index (χ1v) is 13.3. The van der Waals surface area contributed by atoms with Gasteiger partial charge in [-0.25, -0.2) is 31.0 Å². The highest BCUT2D eigenvalue weighted by Crippen LogP contribution is 2.49. The number of carbonyl (C=O) groups is 1. The average molecular weight is 526 g/mol. The second-order valence-electron chi connectivity index (χ2n) is 9.35. The Hall–Kier alpha value is -2.86. The second kappa shape index (κ2) is 8.91. The van der Waals surface area contributed by atoms with Crippen molar-refractivity contribution in [1.82, 2.24) is 4.98 Å². The highest BCUT2D eigenvalue weighted by atomic mass is 32.2. The number of sulfone groups is 1. The average Bonchev–Trinajstić information content (AvgIpc) is 3.19. The normalized spacial score (nSPS) is 22.4. The van der Waals surface area contributed by atoms with Crippen LogP contribution in [0.2, 0.25) is 0 Å². The Balaban J connectivity index is 1.52. The van der Waals surface area contributed by atoms with Crippen molar-refractivity contribution in [3.05, 3.63) is 41.2 Å². The number of anilines is 2. The summed E-state index contributed by atoms with van der Waals surface area (Å²) in [6.07, 6.45) is -1.56. The first-order valence-electron chi connectivity index (χ1n) is 11.4. The van der Waals surface area contributed by atoms with E-state index in [1.54, 1.807) is 12.1 Å². The van der Waals surface area contributed by atoms with Crippen LogP contribution in [0.5, 0.6) is 0 Å². The standard InChI is InChI=1S/C24H23F4N3O4S/c1-36(33,34)21-7-12(20-3-2-6-35-20)4-5-15(21)30-16-8-13(9-19(32)14-11-24(14,27)28)29-17-10-18(23(25)26)31-22(16)17/h4-5,7-8,14,20,23H,2-3,6,9-11H2,1H3,(H,29,30)/t14?,20-/m1/s1. The SMILES string of the molecule is CS(=O)(=O)c1cc([C@H]2CCCO2)ccc1Nc1cc(CC(=O)C2CC2(F)F)nc2c1N=C(C(F)F)C2. The Morgan fingerprint density at radius 3 is 2.61 bits per heavy atom. The molecule has 12 heteroatoms. The molecule has 192 valence electrons. The summed E-state index contributed by atoms with van der Waals surface area (Å²) in [6, 6.07) is 6.17. The fraction of sp³-hybridized carbons (Fsp3) is 0.458. The van der Waals surface area contributed by atoms with E-state index in [-0.39, 0.29) is 45.9 Å². The minimum Gasteiger partial charge on any atom is -0.374 e. The lowest BCUT2D eigenvalue weighted by Crippen LogP contribution is -2.13. The second-order valence-corrected chi connectivity index (χ2v) is 11.3. The zero-order valence-corrected chi connectivity index (χ0v) is 20.0. The molecule has 0 radical (unpaired) electrons. The van der Waals surface area contributed by atoms with Crippen molar-refractivity contribution in [2.75, 3.05) is 18.2 Å². The number of pyridine rings is 1. The van der Waals surface area contributed by atoms with E-state index in [0.717, 1.165) is 19.1 Å². The molecule has 0 amide bonds. The molecular weight excluding hydrogens is 502 g/mol. The molecular formula is C24H23F4N3O4S. The fourth-order valence-corrected chi connectivity index (χ4v) is 5.43. The van der Waals surface area contributed by atoms with Gasteiger partial charge in [0.05, 0.1) is 45.4 Å². The minimum absolute atomic E-state index is 0.0210. The third-order valence-corrected chi connectivity index (χ3v) is 7.66. The molecule has 1 aromatic carbocycles. The van der Waals surface area contributed by atoms with Gasteiger partial charge in [-0.05, 0) is 36.6 Å². The summed E-state index contributed by atoms with van der Waals surface area (Å²) in [5.41, 5.74) is 1.00. The highest BCUT2D eigenvalue weighted by molar-refractivity contribution is 7.90. The molecule has 5 rings (SSSR count). The first kappa shape index (κ1) is 24.8. The predicted molar refractivity (Wildman–Crippen MR) is 124 cm³/mol. The number of aliphatic imine (C=N–C) groups is 1. The number of ether oxygens (including phenoxy) is 1. The zero-order chi connectivity index (χ0) is 25.8. The van der Waals surface area contributed by atoms with Crippen molar-refractivity contribution in [3.8, 4) is 0 Å². The molecule has 1 aromatic heterocycles. The highest BCUT2D eigenvalue weighted by Gasteiger charge is 2.60. The summed E-state index contributed by atoms with van der Waals surface area (Å²) in [5.74, 6) is -5.10. The zero-order valence-electron chi connectivity index (χ0n) is 19.2. The van der Waals surface area contributed by atoms with E-state index in [9.17, 15) is 30.8 Å².